The van der Waals surface area contributed by atoms with Gasteiger partial charge < -0.3 is 15.8 Å². The second kappa shape index (κ2) is 5.17. The normalized spacial score (nSPS) is 10.7. The zero-order valence-electron chi connectivity index (χ0n) is 7.18. The van der Waals surface area contributed by atoms with E-state index >= 15 is 0 Å². The summed E-state index contributed by atoms with van der Waals surface area (Å²) in [6.07, 6.45) is 1.33. The van der Waals surface area contributed by atoms with Crippen LogP contribution in [0.3, 0.4) is 0 Å². The fourth-order valence-corrected chi connectivity index (χ4v) is 0.600. The van der Waals surface area contributed by atoms with Crippen molar-refractivity contribution in [3.8, 4) is 0 Å². The van der Waals surface area contributed by atoms with E-state index in [0.29, 0.717) is 0 Å². The number of hydrogen-bond donors (Lipinski definition) is 3. The third-order valence-electron chi connectivity index (χ3n) is 1.07. The van der Waals surface area contributed by atoms with E-state index < -0.39 is 5.97 Å². The Labute approximate surface area is 71.1 Å². The Balaban J connectivity index is 4.41. The summed E-state index contributed by atoms with van der Waals surface area (Å²) < 4.78 is 4.65. The molecule has 0 aliphatic rings. The van der Waals surface area contributed by atoms with Gasteiger partial charge in [-0.05, 0) is 6.92 Å². The number of carbonyl (C=O) groups is 1. The molecule has 0 saturated carbocycles. The molecule has 0 bridgehead atoms. The Morgan fingerprint density at radius 3 is 2.67 bits per heavy atom. The predicted molar refractivity (Wildman–Crippen MR) is 45.7 cm³/mol. The molecule has 0 spiro atoms. The summed E-state index contributed by atoms with van der Waals surface area (Å²) in [5, 5.41) is 9.64. The zero-order chi connectivity index (χ0) is 9.56. The maximum Gasteiger partial charge on any atom is 0.343 e. The van der Waals surface area contributed by atoms with E-state index in [4.69, 9.17) is 11.1 Å². The summed E-state index contributed by atoms with van der Waals surface area (Å²) in [6, 6.07) is 0. The van der Waals surface area contributed by atoms with Crippen LogP contribution >= 0.6 is 0 Å². The van der Waals surface area contributed by atoms with Crippen molar-refractivity contribution >= 4 is 11.8 Å². The van der Waals surface area contributed by atoms with Gasteiger partial charge in [-0.3, -0.25) is 5.41 Å². The molecule has 5 heteroatoms. The van der Waals surface area contributed by atoms with E-state index in [-0.39, 0.29) is 18.0 Å². The van der Waals surface area contributed by atoms with Crippen LogP contribution < -0.4 is 11.1 Å². The quantitative estimate of drug-likeness (QED) is 0.232. The molecule has 0 aromatic heterocycles. The molecule has 0 rings (SSSR count). The lowest BCUT2D eigenvalue weighted by molar-refractivity contribution is -0.137. The Bertz CT molecular complexity index is 211. The van der Waals surface area contributed by atoms with Crippen LogP contribution in [0.1, 0.15) is 6.92 Å². The number of hydrogen-bond acceptors (Lipinski definition) is 4. The zero-order valence-corrected chi connectivity index (χ0v) is 7.18. The maximum atomic E-state index is 11.0. The van der Waals surface area contributed by atoms with Crippen molar-refractivity contribution in [2.75, 3.05) is 13.7 Å². The monoisotopic (exact) mass is 171 g/mol. The van der Waals surface area contributed by atoms with Gasteiger partial charge in [-0.15, -0.1) is 0 Å². The standard InChI is InChI=1S/C7H13N3O2/c1-3-12-7(11)5(4-10-2)6(8)9/h4,10H,3H2,1-2H3,(H3,8,9)/b5-4+. The van der Waals surface area contributed by atoms with E-state index in [1.165, 1.54) is 6.20 Å². The second-order valence-corrected chi connectivity index (χ2v) is 1.98. The summed E-state index contributed by atoms with van der Waals surface area (Å²) in [6.45, 7) is 1.96. The molecule has 12 heavy (non-hydrogen) atoms. The molecule has 4 N–H and O–H groups in total. The van der Waals surface area contributed by atoms with Crippen molar-refractivity contribution in [2.24, 2.45) is 5.73 Å². The van der Waals surface area contributed by atoms with Gasteiger partial charge in [-0.25, -0.2) is 4.79 Å². The van der Waals surface area contributed by atoms with E-state index in [2.05, 4.69) is 10.1 Å². The Kier molecular flexibility index (Phi) is 4.52. The van der Waals surface area contributed by atoms with E-state index in [1.54, 1.807) is 14.0 Å². The molecular weight excluding hydrogens is 158 g/mol. The Morgan fingerprint density at radius 1 is 1.75 bits per heavy atom. The second-order valence-electron chi connectivity index (χ2n) is 1.98. The van der Waals surface area contributed by atoms with Crippen molar-refractivity contribution in [1.29, 1.82) is 5.41 Å². The fraction of sp³-hybridized carbons (Fsp3) is 0.429. The molecule has 0 radical (unpaired) electrons. The van der Waals surface area contributed by atoms with Crippen molar-refractivity contribution in [3.63, 3.8) is 0 Å². The summed E-state index contributed by atoms with van der Waals surface area (Å²) in [4.78, 5) is 11.0. The van der Waals surface area contributed by atoms with Gasteiger partial charge >= 0.3 is 5.97 Å². The number of rotatable bonds is 4. The van der Waals surface area contributed by atoms with Gasteiger partial charge in [-0.2, -0.15) is 0 Å². The first kappa shape index (κ1) is 10.5. The number of nitrogens with one attached hydrogen (secondary N) is 2. The lowest BCUT2D eigenvalue weighted by atomic mass is 10.3. The Hall–Kier alpha value is -1.52. The van der Waals surface area contributed by atoms with E-state index in [1.807, 2.05) is 0 Å². The van der Waals surface area contributed by atoms with Gasteiger partial charge in [0, 0.05) is 13.2 Å². The van der Waals surface area contributed by atoms with Crippen LogP contribution in [0.25, 0.3) is 0 Å². The highest BCUT2D eigenvalue weighted by Crippen LogP contribution is 1.95. The van der Waals surface area contributed by atoms with Crippen LogP contribution in [0.5, 0.6) is 0 Å². The van der Waals surface area contributed by atoms with Crippen molar-refractivity contribution in [1.82, 2.24) is 5.32 Å². The van der Waals surface area contributed by atoms with Gasteiger partial charge in [0.2, 0.25) is 0 Å². The van der Waals surface area contributed by atoms with Crippen LogP contribution in [0.15, 0.2) is 11.8 Å². The van der Waals surface area contributed by atoms with Crippen LogP contribution in [0.4, 0.5) is 0 Å². The fourth-order valence-electron chi connectivity index (χ4n) is 0.600. The molecule has 0 atom stereocenters. The highest BCUT2D eigenvalue weighted by atomic mass is 16.5. The van der Waals surface area contributed by atoms with E-state index in [9.17, 15) is 4.79 Å². The molecule has 0 fully saturated rings. The van der Waals surface area contributed by atoms with Crippen LogP contribution in [-0.2, 0) is 9.53 Å². The molecular formula is C7H13N3O2. The maximum absolute atomic E-state index is 11.0. The summed E-state index contributed by atoms with van der Waals surface area (Å²) in [5.41, 5.74) is 5.17. The highest BCUT2D eigenvalue weighted by molar-refractivity contribution is 6.16. The third-order valence-corrected chi connectivity index (χ3v) is 1.07. The summed E-state index contributed by atoms with van der Waals surface area (Å²) in [5.74, 6) is -0.887. The van der Waals surface area contributed by atoms with Gasteiger partial charge in [0.05, 0.1) is 6.61 Å². The van der Waals surface area contributed by atoms with Crippen LogP contribution in [0, 0.1) is 5.41 Å². The third kappa shape index (κ3) is 3.05. The molecule has 0 heterocycles. The number of ether oxygens (including phenoxy) is 1. The molecule has 0 aliphatic carbocycles. The van der Waals surface area contributed by atoms with Crippen molar-refractivity contribution in [3.05, 3.63) is 11.8 Å². The number of amidine groups is 1. The first-order valence-corrected chi connectivity index (χ1v) is 3.52. The SMILES string of the molecule is CCOC(=O)/C(=C/NC)C(=N)N. The molecule has 0 amide bonds. The molecule has 68 valence electrons. The molecule has 0 aromatic carbocycles. The highest BCUT2D eigenvalue weighted by Gasteiger charge is 2.12. The smallest absolute Gasteiger partial charge is 0.343 e. The predicted octanol–water partition coefficient (Wildman–Crippen LogP) is -0.411. The summed E-state index contributed by atoms with van der Waals surface area (Å²) in [7, 11) is 1.61. The van der Waals surface area contributed by atoms with Gasteiger partial charge in [0.1, 0.15) is 11.4 Å². The average Bonchev–Trinajstić information content (AvgIpc) is 1.99. The van der Waals surface area contributed by atoms with Crippen molar-refractivity contribution in [2.45, 2.75) is 6.92 Å². The lowest BCUT2D eigenvalue weighted by Crippen LogP contribution is -2.23. The van der Waals surface area contributed by atoms with Gasteiger partial charge in [0.15, 0.2) is 0 Å². The van der Waals surface area contributed by atoms with Crippen LogP contribution in [-0.4, -0.2) is 25.5 Å². The van der Waals surface area contributed by atoms with Crippen LogP contribution in [0.2, 0.25) is 0 Å². The molecule has 0 aliphatic heterocycles. The minimum absolute atomic E-state index is 0.0411. The molecule has 0 aromatic rings. The summed E-state index contributed by atoms with van der Waals surface area (Å²) >= 11 is 0. The topological polar surface area (TPSA) is 88.2 Å². The average molecular weight is 171 g/mol. The van der Waals surface area contributed by atoms with Gasteiger partial charge in [0.25, 0.3) is 0 Å². The van der Waals surface area contributed by atoms with E-state index in [0.717, 1.165) is 0 Å². The first-order valence-electron chi connectivity index (χ1n) is 3.52. The first-order chi connectivity index (χ1) is 5.63. The minimum Gasteiger partial charge on any atom is -0.462 e. The van der Waals surface area contributed by atoms with Crippen molar-refractivity contribution < 1.29 is 9.53 Å². The molecule has 5 nitrogen and oxygen atoms in total. The molecule has 0 saturated heterocycles. The Morgan fingerprint density at radius 2 is 2.33 bits per heavy atom. The molecule has 0 unspecified atom stereocenters. The van der Waals surface area contributed by atoms with Gasteiger partial charge in [-0.1, -0.05) is 0 Å². The largest absolute Gasteiger partial charge is 0.462 e. The minimum atomic E-state index is -0.584. The number of nitrogens with two attached hydrogens (primary N) is 1. The number of carbonyl (C=O) groups excluding carboxylic acids is 1. The lowest BCUT2D eigenvalue weighted by Gasteiger charge is -2.03. The number of esters is 1.